The minimum absolute atomic E-state index is 0.0765. The molecular weight excluding hydrogens is 248 g/mol. The Bertz CT molecular complexity index is 312. The topological polar surface area (TPSA) is 53.6 Å². The van der Waals surface area contributed by atoms with Gasteiger partial charge in [0.15, 0.2) is 5.96 Å². The average molecular weight is 282 g/mol. The summed E-state index contributed by atoms with van der Waals surface area (Å²) in [4.78, 5) is 7.11. The van der Waals surface area contributed by atoms with Crippen molar-refractivity contribution in [1.29, 1.82) is 0 Å². The summed E-state index contributed by atoms with van der Waals surface area (Å²) in [7, 11) is 0. The summed E-state index contributed by atoms with van der Waals surface area (Å²) in [6, 6.07) is 0. The van der Waals surface area contributed by atoms with Gasteiger partial charge < -0.3 is 11.1 Å². The Labute approximate surface area is 125 Å². The molecule has 118 valence electrons. The Kier molecular flexibility index (Phi) is 6.31. The first kappa shape index (κ1) is 17.3. The number of nitrogens with two attached hydrogens (primary N) is 1. The van der Waals surface area contributed by atoms with Crippen molar-refractivity contribution in [3.05, 3.63) is 0 Å². The lowest BCUT2D eigenvalue weighted by Crippen LogP contribution is -2.53. The standard InChI is InChI=1S/C16H34N4/c1-12(2)8-18-15(17)19-11-16(5,6)20-9-13(3)7-14(4)10-20/h12-14H,7-11H2,1-6H3,(H3,17,18,19). The van der Waals surface area contributed by atoms with Crippen LogP contribution in [0, 0.1) is 17.8 Å². The van der Waals surface area contributed by atoms with Crippen LogP contribution < -0.4 is 11.1 Å². The molecule has 0 aromatic rings. The molecule has 1 aliphatic heterocycles. The van der Waals surface area contributed by atoms with Gasteiger partial charge in [-0.1, -0.05) is 27.7 Å². The van der Waals surface area contributed by atoms with Crippen molar-refractivity contribution in [2.75, 3.05) is 26.2 Å². The molecule has 4 heteroatoms. The van der Waals surface area contributed by atoms with E-state index in [0.717, 1.165) is 24.9 Å². The lowest BCUT2D eigenvalue weighted by atomic mass is 9.88. The number of guanidine groups is 1. The van der Waals surface area contributed by atoms with Gasteiger partial charge in [0.05, 0.1) is 6.54 Å². The molecule has 1 heterocycles. The summed E-state index contributed by atoms with van der Waals surface area (Å²) in [5.74, 6) is 2.71. The Morgan fingerprint density at radius 2 is 1.85 bits per heavy atom. The van der Waals surface area contributed by atoms with Gasteiger partial charge in [0.1, 0.15) is 0 Å². The van der Waals surface area contributed by atoms with Gasteiger partial charge >= 0.3 is 0 Å². The first-order valence-corrected chi connectivity index (χ1v) is 7.99. The van der Waals surface area contributed by atoms with Gasteiger partial charge in [0.25, 0.3) is 0 Å². The van der Waals surface area contributed by atoms with Crippen molar-refractivity contribution in [3.63, 3.8) is 0 Å². The normalized spacial score (nSPS) is 26.1. The largest absolute Gasteiger partial charge is 0.370 e. The number of nitrogens with one attached hydrogen (secondary N) is 1. The molecular formula is C16H34N4. The van der Waals surface area contributed by atoms with Crippen molar-refractivity contribution in [1.82, 2.24) is 10.2 Å². The summed E-state index contributed by atoms with van der Waals surface area (Å²) >= 11 is 0. The van der Waals surface area contributed by atoms with Gasteiger partial charge in [-0.15, -0.1) is 0 Å². The van der Waals surface area contributed by atoms with Gasteiger partial charge in [-0.2, -0.15) is 0 Å². The highest BCUT2D eigenvalue weighted by molar-refractivity contribution is 5.77. The zero-order valence-electron chi connectivity index (χ0n) is 14.2. The molecule has 1 fully saturated rings. The summed E-state index contributed by atoms with van der Waals surface area (Å²) in [6.07, 6.45) is 1.34. The Hall–Kier alpha value is -0.770. The van der Waals surface area contributed by atoms with Gasteiger partial charge in [0, 0.05) is 25.2 Å². The van der Waals surface area contributed by atoms with E-state index >= 15 is 0 Å². The lowest BCUT2D eigenvalue weighted by molar-refractivity contribution is 0.0513. The molecule has 2 unspecified atom stereocenters. The molecule has 0 amide bonds. The highest BCUT2D eigenvalue weighted by Gasteiger charge is 2.32. The molecule has 1 saturated heterocycles. The predicted octanol–water partition coefficient (Wildman–Crippen LogP) is 2.30. The maximum atomic E-state index is 5.93. The van der Waals surface area contributed by atoms with Crippen molar-refractivity contribution in [2.45, 2.75) is 53.5 Å². The summed E-state index contributed by atoms with van der Waals surface area (Å²) in [5, 5.41) is 3.18. The van der Waals surface area contributed by atoms with E-state index in [0.29, 0.717) is 11.9 Å². The van der Waals surface area contributed by atoms with E-state index in [1.807, 2.05) is 0 Å². The average Bonchev–Trinajstić information content (AvgIpc) is 2.32. The van der Waals surface area contributed by atoms with E-state index in [2.05, 4.69) is 56.8 Å². The maximum absolute atomic E-state index is 5.93. The van der Waals surface area contributed by atoms with Crippen molar-refractivity contribution < 1.29 is 0 Å². The van der Waals surface area contributed by atoms with Crippen LogP contribution in [0.1, 0.15) is 48.0 Å². The molecule has 1 aliphatic rings. The fourth-order valence-corrected chi connectivity index (χ4v) is 2.90. The van der Waals surface area contributed by atoms with Crippen LogP contribution in [-0.4, -0.2) is 42.6 Å². The van der Waals surface area contributed by atoms with Crippen LogP contribution in [0.2, 0.25) is 0 Å². The SMILES string of the molecule is CC(C)CNC(N)=NCC(C)(C)N1CC(C)CC(C)C1. The summed E-state index contributed by atoms with van der Waals surface area (Å²) in [5.41, 5.74) is 6.01. The number of nitrogens with zero attached hydrogens (tertiary/aromatic N) is 2. The third-order valence-electron chi connectivity index (χ3n) is 4.05. The maximum Gasteiger partial charge on any atom is 0.188 e. The molecule has 20 heavy (non-hydrogen) atoms. The molecule has 4 nitrogen and oxygen atoms in total. The van der Waals surface area contributed by atoms with Crippen molar-refractivity contribution >= 4 is 5.96 Å². The van der Waals surface area contributed by atoms with Crippen LogP contribution in [0.15, 0.2) is 4.99 Å². The Balaban J connectivity index is 2.53. The van der Waals surface area contributed by atoms with E-state index in [4.69, 9.17) is 5.73 Å². The number of rotatable bonds is 5. The molecule has 0 bridgehead atoms. The van der Waals surface area contributed by atoms with E-state index < -0.39 is 0 Å². The van der Waals surface area contributed by atoms with Gasteiger partial charge in [-0.3, -0.25) is 9.89 Å². The van der Waals surface area contributed by atoms with Crippen LogP contribution in [0.25, 0.3) is 0 Å². The first-order valence-electron chi connectivity index (χ1n) is 7.99. The van der Waals surface area contributed by atoms with Crippen LogP contribution >= 0.6 is 0 Å². The number of aliphatic imine (C=N–C) groups is 1. The van der Waals surface area contributed by atoms with Crippen LogP contribution in [0.5, 0.6) is 0 Å². The molecule has 2 atom stereocenters. The molecule has 1 rings (SSSR count). The zero-order chi connectivity index (χ0) is 15.3. The number of hydrogen-bond acceptors (Lipinski definition) is 2. The van der Waals surface area contributed by atoms with Gasteiger partial charge in [-0.25, -0.2) is 0 Å². The minimum atomic E-state index is 0.0765. The zero-order valence-corrected chi connectivity index (χ0v) is 14.2. The van der Waals surface area contributed by atoms with Crippen LogP contribution in [-0.2, 0) is 0 Å². The first-order chi connectivity index (χ1) is 9.20. The molecule has 0 saturated carbocycles. The molecule has 0 radical (unpaired) electrons. The monoisotopic (exact) mass is 282 g/mol. The van der Waals surface area contributed by atoms with Crippen LogP contribution in [0.3, 0.4) is 0 Å². The fourth-order valence-electron chi connectivity index (χ4n) is 2.90. The van der Waals surface area contributed by atoms with E-state index in [1.54, 1.807) is 0 Å². The number of piperidine rings is 1. The third kappa shape index (κ3) is 5.70. The van der Waals surface area contributed by atoms with Crippen LogP contribution in [0.4, 0.5) is 0 Å². The molecule has 0 aliphatic carbocycles. The van der Waals surface area contributed by atoms with Gasteiger partial charge in [0.2, 0.25) is 0 Å². The molecule has 3 N–H and O–H groups in total. The highest BCUT2D eigenvalue weighted by Crippen LogP contribution is 2.27. The van der Waals surface area contributed by atoms with E-state index in [-0.39, 0.29) is 5.54 Å². The second-order valence-electron chi connectivity index (χ2n) is 7.64. The number of hydrogen-bond donors (Lipinski definition) is 2. The molecule has 0 aromatic heterocycles. The number of likely N-dealkylation sites (tertiary alicyclic amines) is 1. The fraction of sp³-hybridized carbons (Fsp3) is 0.938. The third-order valence-corrected chi connectivity index (χ3v) is 4.05. The molecule has 0 spiro atoms. The summed E-state index contributed by atoms with van der Waals surface area (Å²) in [6.45, 7) is 17.6. The second kappa shape index (κ2) is 7.30. The lowest BCUT2D eigenvalue weighted by Gasteiger charge is -2.44. The van der Waals surface area contributed by atoms with Gasteiger partial charge in [-0.05, 0) is 38.0 Å². The Morgan fingerprint density at radius 1 is 1.30 bits per heavy atom. The van der Waals surface area contributed by atoms with Crippen molar-refractivity contribution in [3.8, 4) is 0 Å². The van der Waals surface area contributed by atoms with E-state index in [1.165, 1.54) is 19.5 Å². The van der Waals surface area contributed by atoms with E-state index in [9.17, 15) is 0 Å². The Morgan fingerprint density at radius 3 is 2.35 bits per heavy atom. The summed E-state index contributed by atoms with van der Waals surface area (Å²) < 4.78 is 0. The van der Waals surface area contributed by atoms with Crippen molar-refractivity contribution in [2.24, 2.45) is 28.5 Å². The smallest absolute Gasteiger partial charge is 0.188 e. The highest BCUT2D eigenvalue weighted by atomic mass is 15.2. The molecule has 0 aromatic carbocycles. The predicted molar refractivity (Wildman–Crippen MR) is 87.9 cm³/mol. The quantitative estimate of drug-likeness (QED) is 0.601. The second-order valence-corrected chi connectivity index (χ2v) is 7.64. The minimum Gasteiger partial charge on any atom is -0.370 e.